The van der Waals surface area contributed by atoms with Gasteiger partial charge in [-0.25, -0.2) is 14.6 Å². The maximum atomic E-state index is 6.56. The smallest absolute Gasteiger partial charge is 0.215 e. The third-order valence-corrected chi connectivity index (χ3v) is 6.39. The van der Waals surface area contributed by atoms with Crippen molar-refractivity contribution in [3.8, 4) is 5.75 Å². The van der Waals surface area contributed by atoms with Crippen LogP contribution in [0.2, 0.25) is 10.0 Å². The zero-order chi connectivity index (χ0) is 23.9. The molecule has 4 aromatic rings. The summed E-state index contributed by atoms with van der Waals surface area (Å²) in [5, 5.41) is 6.53. The number of benzene rings is 1. The zero-order valence-electron chi connectivity index (χ0n) is 19.2. The lowest BCUT2D eigenvalue weighted by Gasteiger charge is -2.30. The van der Waals surface area contributed by atoms with E-state index < -0.39 is 5.79 Å². The Labute approximate surface area is 207 Å². The van der Waals surface area contributed by atoms with Gasteiger partial charge in [0.05, 0.1) is 35.6 Å². The number of halogens is 2. The van der Waals surface area contributed by atoms with Gasteiger partial charge in [-0.15, -0.1) is 0 Å². The van der Waals surface area contributed by atoms with Crippen molar-refractivity contribution >= 4 is 34.2 Å². The Bertz CT molecular complexity index is 1320. The highest BCUT2D eigenvalue weighted by molar-refractivity contribution is 6.35. The number of ether oxygens (including phenoxy) is 3. The molecular formula is C24H25Cl2N5O3. The summed E-state index contributed by atoms with van der Waals surface area (Å²) in [7, 11) is 0. The van der Waals surface area contributed by atoms with Crippen molar-refractivity contribution in [2.75, 3.05) is 13.2 Å². The van der Waals surface area contributed by atoms with Gasteiger partial charge in [-0.2, -0.15) is 5.10 Å². The maximum Gasteiger partial charge on any atom is 0.215 e. The number of hydrogen-bond acceptors (Lipinski definition) is 6. The minimum atomic E-state index is -1.09. The van der Waals surface area contributed by atoms with Crippen LogP contribution in [0.3, 0.4) is 0 Å². The predicted octanol–water partition coefficient (Wildman–Crippen LogP) is 4.92. The van der Waals surface area contributed by atoms with Crippen LogP contribution in [0.15, 0.2) is 43.0 Å². The molecule has 1 aromatic carbocycles. The van der Waals surface area contributed by atoms with Crippen LogP contribution in [0.4, 0.5) is 0 Å². The Kier molecular flexibility index (Phi) is 6.24. The van der Waals surface area contributed by atoms with Crippen LogP contribution in [-0.4, -0.2) is 43.6 Å². The molecule has 34 heavy (non-hydrogen) atoms. The summed E-state index contributed by atoms with van der Waals surface area (Å²) in [5.74, 6) is -0.358. The van der Waals surface area contributed by atoms with Crippen molar-refractivity contribution < 1.29 is 14.2 Å². The van der Waals surface area contributed by atoms with E-state index in [0.29, 0.717) is 35.4 Å². The Morgan fingerprint density at radius 1 is 1.24 bits per heavy atom. The van der Waals surface area contributed by atoms with Gasteiger partial charge in [-0.3, -0.25) is 0 Å². The number of rotatable bonds is 7. The summed E-state index contributed by atoms with van der Waals surface area (Å²) in [6, 6.07) is 7.24. The van der Waals surface area contributed by atoms with Crippen LogP contribution < -0.4 is 4.74 Å². The van der Waals surface area contributed by atoms with E-state index in [0.717, 1.165) is 34.7 Å². The molecule has 0 aliphatic carbocycles. The summed E-state index contributed by atoms with van der Waals surface area (Å²) in [4.78, 5) is 8.79. The van der Waals surface area contributed by atoms with Crippen molar-refractivity contribution in [3.63, 3.8) is 0 Å². The average molecular weight is 502 g/mol. The quantitative estimate of drug-likeness (QED) is 0.357. The number of aromatic nitrogens is 5. The average Bonchev–Trinajstić information content (AvgIpc) is 3.52. The Hall–Kier alpha value is -2.65. The second kappa shape index (κ2) is 9.19. The van der Waals surface area contributed by atoms with Crippen LogP contribution in [0.25, 0.3) is 11.0 Å². The molecular weight excluding hydrogens is 477 g/mol. The van der Waals surface area contributed by atoms with E-state index in [1.54, 1.807) is 24.7 Å². The molecule has 1 saturated heterocycles. The van der Waals surface area contributed by atoms with Crippen LogP contribution in [0, 0.1) is 13.8 Å². The van der Waals surface area contributed by atoms with Gasteiger partial charge >= 0.3 is 0 Å². The van der Waals surface area contributed by atoms with Crippen LogP contribution in [0.1, 0.15) is 23.9 Å². The molecule has 3 aromatic heterocycles. The first-order chi connectivity index (χ1) is 16.4. The van der Waals surface area contributed by atoms with Crippen molar-refractivity contribution in [3.05, 3.63) is 70.0 Å². The van der Waals surface area contributed by atoms with Gasteiger partial charge in [0, 0.05) is 41.3 Å². The van der Waals surface area contributed by atoms with Gasteiger partial charge in [0.2, 0.25) is 5.79 Å². The van der Waals surface area contributed by atoms with Crippen LogP contribution >= 0.6 is 23.2 Å². The van der Waals surface area contributed by atoms with Crippen molar-refractivity contribution in [2.45, 2.75) is 45.8 Å². The summed E-state index contributed by atoms with van der Waals surface area (Å²) in [6.45, 7) is 7.71. The summed E-state index contributed by atoms with van der Waals surface area (Å²) < 4.78 is 22.8. The third-order valence-electron chi connectivity index (χ3n) is 5.84. The van der Waals surface area contributed by atoms with Crippen molar-refractivity contribution in [1.29, 1.82) is 0 Å². The van der Waals surface area contributed by atoms with Crippen molar-refractivity contribution in [2.24, 2.45) is 0 Å². The van der Waals surface area contributed by atoms with Crippen LogP contribution in [-0.2, 0) is 28.4 Å². The first-order valence-electron chi connectivity index (χ1n) is 11.1. The first-order valence-corrected chi connectivity index (χ1v) is 11.8. The lowest BCUT2D eigenvalue weighted by Crippen LogP contribution is -2.34. The van der Waals surface area contributed by atoms with E-state index in [1.807, 2.05) is 48.3 Å². The molecule has 1 fully saturated rings. The fraction of sp³-hybridized carbons (Fsp3) is 0.375. The molecule has 0 bridgehead atoms. The molecule has 1 aliphatic rings. The van der Waals surface area contributed by atoms with Crippen LogP contribution in [0.5, 0.6) is 5.75 Å². The number of aryl methyl sites for hydroxylation is 3. The Balaban J connectivity index is 1.41. The number of nitrogens with zero attached hydrogens (tertiary/aromatic N) is 5. The highest BCUT2D eigenvalue weighted by Gasteiger charge is 2.45. The minimum Gasteiger partial charge on any atom is -0.490 e. The fourth-order valence-corrected chi connectivity index (χ4v) is 4.88. The van der Waals surface area contributed by atoms with Crippen molar-refractivity contribution in [1.82, 2.24) is 24.3 Å². The van der Waals surface area contributed by atoms with E-state index in [-0.39, 0.29) is 6.10 Å². The summed E-state index contributed by atoms with van der Waals surface area (Å²) in [5.41, 5.74) is 3.27. The molecule has 0 N–H and O–H groups in total. The fourth-order valence-electron chi connectivity index (χ4n) is 4.32. The van der Waals surface area contributed by atoms with Gasteiger partial charge in [-0.1, -0.05) is 29.3 Å². The molecule has 0 amide bonds. The van der Waals surface area contributed by atoms with E-state index in [4.69, 9.17) is 37.4 Å². The monoisotopic (exact) mass is 501 g/mol. The predicted molar refractivity (Wildman–Crippen MR) is 129 cm³/mol. The van der Waals surface area contributed by atoms with Gasteiger partial charge in [0.25, 0.3) is 0 Å². The number of fused-ring (bicyclic) bond motifs is 1. The number of hydrogen-bond donors (Lipinski definition) is 0. The molecule has 178 valence electrons. The highest BCUT2D eigenvalue weighted by atomic mass is 35.5. The molecule has 2 unspecified atom stereocenters. The third kappa shape index (κ3) is 4.27. The Morgan fingerprint density at radius 2 is 2.09 bits per heavy atom. The van der Waals surface area contributed by atoms with Gasteiger partial charge in [0.15, 0.2) is 5.65 Å². The largest absolute Gasteiger partial charge is 0.490 e. The normalized spacial score (nSPS) is 20.3. The number of pyridine rings is 1. The lowest BCUT2D eigenvalue weighted by atomic mass is 10.1. The molecule has 0 saturated carbocycles. The van der Waals surface area contributed by atoms with E-state index in [1.165, 1.54) is 0 Å². The lowest BCUT2D eigenvalue weighted by molar-refractivity contribution is -0.189. The zero-order valence-corrected chi connectivity index (χ0v) is 20.7. The summed E-state index contributed by atoms with van der Waals surface area (Å²) in [6.07, 6.45) is 4.96. The first kappa shape index (κ1) is 23.1. The van der Waals surface area contributed by atoms with Gasteiger partial charge in [-0.05, 0) is 32.9 Å². The highest BCUT2D eigenvalue weighted by Crippen LogP contribution is 2.41. The molecule has 8 nitrogen and oxygen atoms in total. The Morgan fingerprint density at radius 3 is 2.82 bits per heavy atom. The SMILES string of the molecule is CCn1nc(C)c2c(OCC3COC(Cn4ccnc4)(c4ccc(Cl)cc4Cl)O3)cc(C)nc21. The molecule has 10 heteroatoms. The second-order valence-corrected chi connectivity index (χ2v) is 9.18. The molecule has 0 spiro atoms. The minimum absolute atomic E-state index is 0.298. The molecule has 5 rings (SSSR count). The topological polar surface area (TPSA) is 76.2 Å². The van der Waals surface area contributed by atoms with E-state index in [2.05, 4.69) is 15.1 Å². The number of imidazole rings is 1. The summed E-state index contributed by atoms with van der Waals surface area (Å²) >= 11 is 12.7. The van der Waals surface area contributed by atoms with E-state index >= 15 is 0 Å². The molecule has 1 aliphatic heterocycles. The second-order valence-electron chi connectivity index (χ2n) is 8.34. The standard InChI is InChI=1S/C24H25Cl2N5O3/c1-4-31-23-22(16(3)29-31)21(9-15(2)28-23)32-11-18-12-33-24(34-18,13-30-8-7-27-14-30)19-6-5-17(25)10-20(19)26/h5-10,14,18H,4,11-13H2,1-3H3. The van der Waals surface area contributed by atoms with Gasteiger partial charge in [0.1, 0.15) is 18.5 Å². The molecule has 0 radical (unpaired) electrons. The maximum absolute atomic E-state index is 6.56. The molecule has 4 heterocycles. The van der Waals surface area contributed by atoms with Gasteiger partial charge < -0.3 is 18.8 Å². The molecule has 2 atom stereocenters. The van der Waals surface area contributed by atoms with E-state index in [9.17, 15) is 0 Å².